The average molecular weight is 299 g/mol. The van der Waals surface area contributed by atoms with E-state index in [4.69, 9.17) is 5.11 Å². The van der Waals surface area contributed by atoms with Crippen LogP contribution in [0.1, 0.15) is 25.0 Å². The normalized spacial score (nSPS) is 10.1. The Kier molecular flexibility index (Phi) is 6.10. The highest BCUT2D eigenvalue weighted by Crippen LogP contribution is 2.14. The Balaban J connectivity index is 2.29. The summed E-state index contributed by atoms with van der Waals surface area (Å²) in [6, 6.07) is 0. The largest absolute Gasteiger partial charge is 0.481 e. The van der Waals surface area contributed by atoms with Gasteiger partial charge in [-0.05, 0) is 6.92 Å². The van der Waals surface area contributed by atoms with Gasteiger partial charge in [-0.25, -0.2) is 4.98 Å². The lowest BCUT2D eigenvalue weighted by Gasteiger charge is -2.15. The Morgan fingerprint density at radius 3 is 2.60 bits per heavy atom. The average Bonchev–Trinajstić information content (AvgIpc) is 2.78. The molecule has 2 amide bonds. The molecule has 20 heavy (non-hydrogen) atoms. The molecule has 0 aliphatic rings. The Bertz CT molecular complexity index is 501. The number of carbonyl (C=O) groups excluding carboxylic acids is 2. The van der Waals surface area contributed by atoms with Gasteiger partial charge in [-0.3, -0.25) is 14.4 Å². The van der Waals surface area contributed by atoms with E-state index < -0.39 is 5.97 Å². The van der Waals surface area contributed by atoms with Crippen LogP contribution >= 0.6 is 11.3 Å². The fourth-order valence-corrected chi connectivity index (χ4v) is 2.10. The summed E-state index contributed by atoms with van der Waals surface area (Å²) in [6.07, 6.45) is -0.00594. The summed E-state index contributed by atoms with van der Waals surface area (Å²) in [5.41, 5.74) is 0.829. The molecule has 0 radical (unpaired) electrons. The quantitative estimate of drug-likeness (QED) is 0.785. The molecule has 0 spiro atoms. The monoisotopic (exact) mass is 299 g/mol. The molecule has 0 aliphatic heterocycles. The van der Waals surface area contributed by atoms with Crippen molar-refractivity contribution in [3.8, 4) is 0 Å². The van der Waals surface area contributed by atoms with E-state index in [0.717, 1.165) is 5.69 Å². The molecule has 7 nitrogen and oxygen atoms in total. The van der Waals surface area contributed by atoms with Gasteiger partial charge < -0.3 is 15.3 Å². The van der Waals surface area contributed by atoms with E-state index in [2.05, 4.69) is 10.3 Å². The number of hydrogen-bond donors (Lipinski definition) is 2. The maximum Gasteiger partial charge on any atom is 0.305 e. The summed E-state index contributed by atoms with van der Waals surface area (Å²) in [6.45, 7) is 1.97. The van der Waals surface area contributed by atoms with Crippen LogP contribution in [-0.2, 0) is 14.4 Å². The first-order valence-corrected chi connectivity index (χ1v) is 6.94. The van der Waals surface area contributed by atoms with Gasteiger partial charge in [0.25, 0.3) is 0 Å². The summed E-state index contributed by atoms with van der Waals surface area (Å²) < 4.78 is 0. The standard InChI is InChI=1S/C12H17N3O4S/c1-8-7-20-12(13-8)14-9(16)3-4-10(17)15(2)6-5-11(18)19/h7H,3-6H2,1-2H3,(H,18,19)(H,13,14,16). The lowest BCUT2D eigenvalue weighted by atomic mass is 10.2. The highest BCUT2D eigenvalue weighted by atomic mass is 32.1. The van der Waals surface area contributed by atoms with Gasteiger partial charge in [0.15, 0.2) is 5.13 Å². The SMILES string of the molecule is Cc1csc(NC(=O)CCC(=O)N(C)CCC(=O)O)n1. The number of rotatable bonds is 7. The maximum atomic E-state index is 11.7. The second kappa shape index (κ2) is 7.59. The summed E-state index contributed by atoms with van der Waals surface area (Å²) in [5, 5.41) is 13.5. The van der Waals surface area contributed by atoms with Crippen LogP contribution in [0.15, 0.2) is 5.38 Å². The third-order valence-electron chi connectivity index (χ3n) is 2.52. The van der Waals surface area contributed by atoms with Crippen molar-refractivity contribution < 1.29 is 19.5 Å². The van der Waals surface area contributed by atoms with Gasteiger partial charge in [0.05, 0.1) is 12.1 Å². The smallest absolute Gasteiger partial charge is 0.305 e. The molecule has 0 saturated carbocycles. The second-order valence-corrected chi connectivity index (χ2v) is 5.16. The lowest BCUT2D eigenvalue weighted by Crippen LogP contribution is -2.29. The summed E-state index contributed by atoms with van der Waals surface area (Å²) in [4.78, 5) is 39.1. The first-order chi connectivity index (χ1) is 9.38. The highest BCUT2D eigenvalue weighted by Gasteiger charge is 2.13. The van der Waals surface area contributed by atoms with E-state index in [0.29, 0.717) is 5.13 Å². The molecule has 0 aromatic carbocycles. The molecule has 1 aromatic rings. The zero-order valence-corrected chi connectivity index (χ0v) is 12.2. The number of thiazole rings is 1. The van der Waals surface area contributed by atoms with Crippen LogP contribution in [0.4, 0.5) is 5.13 Å². The number of aromatic nitrogens is 1. The Morgan fingerprint density at radius 2 is 2.05 bits per heavy atom. The van der Waals surface area contributed by atoms with Gasteiger partial charge in [-0.15, -0.1) is 11.3 Å². The van der Waals surface area contributed by atoms with Gasteiger partial charge in [0.2, 0.25) is 11.8 Å². The third-order valence-corrected chi connectivity index (χ3v) is 3.39. The number of anilines is 1. The van der Waals surface area contributed by atoms with Crippen LogP contribution in [0.2, 0.25) is 0 Å². The van der Waals surface area contributed by atoms with Crippen molar-refractivity contribution in [2.75, 3.05) is 18.9 Å². The summed E-state index contributed by atoms with van der Waals surface area (Å²) in [7, 11) is 1.52. The Hall–Kier alpha value is -1.96. The molecule has 0 aliphatic carbocycles. The first-order valence-electron chi connectivity index (χ1n) is 6.06. The van der Waals surface area contributed by atoms with E-state index in [1.165, 1.54) is 23.3 Å². The summed E-state index contributed by atoms with van der Waals surface area (Å²) in [5.74, 6) is -1.49. The number of hydrogen-bond acceptors (Lipinski definition) is 5. The third kappa shape index (κ3) is 5.79. The van der Waals surface area contributed by atoms with Crippen LogP contribution in [0.5, 0.6) is 0 Å². The molecule has 0 unspecified atom stereocenters. The molecule has 0 atom stereocenters. The van der Waals surface area contributed by atoms with E-state index in [-0.39, 0.29) is 37.6 Å². The maximum absolute atomic E-state index is 11.7. The lowest BCUT2D eigenvalue weighted by molar-refractivity contribution is -0.138. The minimum absolute atomic E-state index is 0.0479. The van der Waals surface area contributed by atoms with Crippen molar-refractivity contribution in [3.63, 3.8) is 0 Å². The van der Waals surface area contributed by atoms with Crippen LogP contribution in [0.3, 0.4) is 0 Å². The number of nitrogens with zero attached hydrogens (tertiary/aromatic N) is 2. The van der Waals surface area contributed by atoms with Crippen molar-refractivity contribution in [1.82, 2.24) is 9.88 Å². The van der Waals surface area contributed by atoms with Crippen LogP contribution in [0.25, 0.3) is 0 Å². The minimum atomic E-state index is -0.957. The molecule has 1 aromatic heterocycles. The summed E-state index contributed by atoms with van der Waals surface area (Å²) >= 11 is 1.33. The number of carboxylic acids is 1. The van der Waals surface area contributed by atoms with Crippen molar-refractivity contribution in [1.29, 1.82) is 0 Å². The number of aryl methyl sites for hydroxylation is 1. The highest BCUT2D eigenvalue weighted by molar-refractivity contribution is 7.13. The molecule has 0 fully saturated rings. The zero-order chi connectivity index (χ0) is 15.1. The zero-order valence-electron chi connectivity index (χ0n) is 11.4. The van der Waals surface area contributed by atoms with Gasteiger partial charge in [0.1, 0.15) is 0 Å². The van der Waals surface area contributed by atoms with Crippen molar-refractivity contribution in [2.45, 2.75) is 26.2 Å². The van der Waals surface area contributed by atoms with E-state index in [1.807, 2.05) is 12.3 Å². The predicted molar refractivity (Wildman–Crippen MR) is 74.6 cm³/mol. The first kappa shape index (κ1) is 16.1. The van der Waals surface area contributed by atoms with Crippen LogP contribution < -0.4 is 5.32 Å². The van der Waals surface area contributed by atoms with Gasteiger partial charge in [0, 0.05) is 31.8 Å². The van der Waals surface area contributed by atoms with Crippen LogP contribution in [-0.4, -0.2) is 46.4 Å². The van der Waals surface area contributed by atoms with E-state index in [9.17, 15) is 14.4 Å². The fraction of sp³-hybridized carbons (Fsp3) is 0.500. The fourth-order valence-electron chi connectivity index (χ4n) is 1.39. The molecular formula is C12H17N3O4S. The number of amides is 2. The van der Waals surface area contributed by atoms with Gasteiger partial charge in [-0.1, -0.05) is 0 Å². The molecule has 2 N–H and O–H groups in total. The molecule has 110 valence electrons. The van der Waals surface area contributed by atoms with Crippen molar-refractivity contribution >= 4 is 34.3 Å². The predicted octanol–water partition coefficient (Wildman–Crippen LogP) is 1.10. The number of aliphatic carboxylic acids is 1. The van der Waals surface area contributed by atoms with Crippen molar-refractivity contribution in [2.24, 2.45) is 0 Å². The molecule has 1 rings (SSSR count). The second-order valence-electron chi connectivity index (χ2n) is 4.30. The Labute approximate surface area is 120 Å². The minimum Gasteiger partial charge on any atom is -0.481 e. The molecule has 0 saturated heterocycles. The number of carboxylic acid groups (broad SMARTS) is 1. The Morgan fingerprint density at radius 1 is 1.35 bits per heavy atom. The topological polar surface area (TPSA) is 99.6 Å². The molecule has 8 heteroatoms. The molecule has 1 heterocycles. The number of nitrogens with one attached hydrogen (secondary N) is 1. The van der Waals surface area contributed by atoms with E-state index >= 15 is 0 Å². The molecular weight excluding hydrogens is 282 g/mol. The number of carbonyl (C=O) groups is 3. The van der Waals surface area contributed by atoms with Gasteiger partial charge in [-0.2, -0.15) is 0 Å². The van der Waals surface area contributed by atoms with Crippen molar-refractivity contribution in [3.05, 3.63) is 11.1 Å². The molecule has 0 bridgehead atoms. The van der Waals surface area contributed by atoms with Gasteiger partial charge >= 0.3 is 5.97 Å². The van der Waals surface area contributed by atoms with E-state index in [1.54, 1.807) is 0 Å². The van der Waals surface area contributed by atoms with Crippen LogP contribution in [0, 0.1) is 6.92 Å².